The summed E-state index contributed by atoms with van der Waals surface area (Å²) in [6.07, 6.45) is 2.08. The molecule has 0 aliphatic heterocycles. The lowest BCUT2D eigenvalue weighted by molar-refractivity contribution is -0.147. The molecule has 2 aromatic heterocycles. The molecule has 0 bridgehead atoms. The monoisotopic (exact) mass is 568 g/mol. The van der Waals surface area contributed by atoms with Crippen molar-refractivity contribution in [1.29, 1.82) is 0 Å². The number of nitrogens with zero attached hydrogens (tertiary/aromatic N) is 5. The molecule has 14 nitrogen and oxygen atoms in total. The lowest BCUT2D eigenvalue weighted by Crippen LogP contribution is -2.42. The Hall–Kier alpha value is -4.43. The summed E-state index contributed by atoms with van der Waals surface area (Å²) in [6.45, 7) is 7.18. The van der Waals surface area contributed by atoms with Gasteiger partial charge in [-0.2, -0.15) is 9.97 Å². The third kappa shape index (κ3) is 7.83. The summed E-state index contributed by atoms with van der Waals surface area (Å²) >= 11 is 0. The average Bonchev–Trinajstić information content (AvgIpc) is 2.87. The topological polar surface area (TPSA) is 208 Å². The van der Waals surface area contributed by atoms with E-state index in [1.807, 2.05) is 0 Å². The van der Waals surface area contributed by atoms with Crippen molar-refractivity contribution in [2.75, 3.05) is 31.7 Å². The zero-order valence-corrected chi connectivity index (χ0v) is 23.9. The van der Waals surface area contributed by atoms with Crippen molar-refractivity contribution in [1.82, 2.24) is 29.9 Å². The second-order valence-corrected chi connectivity index (χ2v) is 9.69. The van der Waals surface area contributed by atoms with Gasteiger partial charge in [0.15, 0.2) is 17.0 Å². The molecule has 0 radical (unpaired) electrons. The molecule has 1 aromatic carbocycles. The summed E-state index contributed by atoms with van der Waals surface area (Å²) < 4.78 is 9.19. The number of aryl methyl sites for hydroxylation is 2. The van der Waals surface area contributed by atoms with Gasteiger partial charge >= 0.3 is 11.9 Å². The van der Waals surface area contributed by atoms with Crippen LogP contribution >= 0.6 is 0 Å². The van der Waals surface area contributed by atoms with Crippen LogP contribution in [0.3, 0.4) is 0 Å². The number of carbonyl (C=O) groups excluding carboxylic acids is 3. The Morgan fingerprint density at radius 3 is 2.34 bits per heavy atom. The molecule has 0 aliphatic carbocycles. The second kappa shape index (κ2) is 13.3. The van der Waals surface area contributed by atoms with Gasteiger partial charge in [-0.15, -0.1) is 0 Å². The first-order valence-electron chi connectivity index (χ1n) is 13.2. The fraction of sp³-hybridized carbons (Fsp3) is 0.444. The molecular weight excluding hydrogens is 532 g/mol. The van der Waals surface area contributed by atoms with Crippen molar-refractivity contribution >= 4 is 46.5 Å². The minimum Gasteiger partial charge on any atom is -0.627 e. The minimum absolute atomic E-state index is 0.0258. The first-order valence-corrected chi connectivity index (χ1v) is 13.2. The van der Waals surface area contributed by atoms with Gasteiger partial charge in [-0.05, 0) is 52.7 Å². The molecule has 2 atom stereocenters. The number of rotatable bonds is 12. The fourth-order valence-electron chi connectivity index (χ4n) is 4.70. The van der Waals surface area contributed by atoms with Crippen molar-refractivity contribution < 1.29 is 23.9 Å². The molecule has 2 heterocycles. The number of amides is 1. The number of benzene rings is 1. The molecule has 3 aromatic rings. The molecule has 0 fully saturated rings. The highest BCUT2D eigenvalue weighted by atomic mass is 16.5. The zero-order chi connectivity index (χ0) is 30.3. The number of hydroxylamine groups is 2. The Bertz CT molecular complexity index is 1420. The first kappa shape index (κ1) is 31.1. The molecular formula is C27H36N8O6. The zero-order valence-electron chi connectivity index (χ0n) is 23.9. The number of ether oxygens (including phenoxy) is 2. The van der Waals surface area contributed by atoms with E-state index >= 15 is 0 Å². The molecule has 0 saturated heterocycles. The summed E-state index contributed by atoms with van der Waals surface area (Å²) in [4.78, 5) is 53.9. The lowest BCUT2D eigenvalue weighted by atomic mass is 10.0. The van der Waals surface area contributed by atoms with E-state index in [0.29, 0.717) is 28.9 Å². The van der Waals surface area contributed by atoms with Gasteiger partial charge in [-0.3, -0.25) is 9.59 Å². The third-order valence-electron chi connectivity index (χ3n) is 6.25. The van der Waals surface area contributed by atoms with Crippen LogP contribution in [0.4, 0.5) is 17.5 Å². The van der Waals surface area contributed by atoms with E-state index in [2.05, 4.69) is 25.3 Å². The van der Waals surface area contributed by atoms with Gasteiger partial charge in [0.25, 0.3) is 5.91 Å². The Labute approximate surface area is 237 Å². The van der Waals surface area contributed by atoms with Crippen LogP contribution in [0, 0.1) is 19.1 Å². The molecule has 220 valence electrons. The van der Waals surface area contributed by atoms with E-state index in [1.165, 1.54) is 13.2 Å². The highest BCUT2D eigenvalue weighted by molar-refractivity contribution is 5.97. The largest absolute Gasteiger partial charge is 0.627 e. The number of fused-ring (bicyclic) bond motifs is 1. The summed E-state index contributed by atoms with van der Waals surface area (Å²) in [5, 5.41) is 16.5. The number of hydrogen-bond acceptors (Lipinski definition) is 12. The maximum Gasteiger partial charge on any atom is 0.328 e. The van der Waals surface area contributed by atoms with Crippen molar-refractivity contribution in [3.8, 4) is 0 Å². The van der Waals surface area contributed by atoms with E-state index in [4.69, 9.17) is 20.9 Å². The van der Waals surface area contributed by atoms with Crippen LogP contribution in [0.1, 0.15) is 60.3 Å². The molecule has 14 heteroatoms. The van der Waals surface area contributed by atoms with E-state index in [0.717, 1.165) is 0 Å². The molecule has 41 heavy (non-hydrogen) atoms. The summed E-state index contributed by atoms with van der Waals surface area (Å²) in [7, 11) is 1.48. The van der Waals surface area contributed by atoms with Gasteiger partial charge in [-0.1, -0.05) is 0 Å². The average molecular weight is 569 g/mol. The molecule has 1 amide bonds. The maximum absolute atomic E-state index is 13.8. The molecule has 1 unspecified atom stereocenters. The van der Waals surface area contributed by atoms with Crippen molar-refractivity contribution in [3.63, 3.8) is 0 Å². The minimum atomic E-state index is -0.948. The number of carbonyl (C=O) groups is 3. The molecule has 0 saturated carbocycles. The molecule has 3 rings (SSSR count). The van der Waals surface area contributed by atoms with Crippen LogP contribution in [0.15, 0.2) is 18.3 Å². The summed E-state index contributed by atoms with van der Waals surface area (Å²) in [5.41, 5.74) is 14.2. The van der Waals surface area contributed by atoms with Gasteiger partial charge in [0.05, 0.1) is 26.5 Å². The highest BCUT2D eigenvalue weighted by Gasteiger charge is 2.27. The van der Waals surface area contributed by atoms with Crippen molar-refractivity contribution in [2.45, 2.75) is 59.5 Å². The number of anilines is 2. The number of aromatic nitrogens is 4. The molecule has 0 spiro atoms. The van der Waals surface area contributed by atoms with Crippen LogP contribution in [0.5, 0.6) is 0 Å². The Morgan fingerprint density at radius 2 is 1.71 bits per heavy atom. The van der Waals surface area contributed by atoms with E-state index in [-0.39, 0.29) is 67.1 Å². The van der Waals surface area contributed by atoms with E-state index in [9.17, 15) is 19.6 Å². The normalized spacial score (nSPS) is 13.3. The molecule has 0 aliphatic rings. The van der Waals surface area contributed by atoms with Gasteiger partial charge in [0.2, 0.25) is 5.95 Å². The Morgan fingerprint density at radius 1 is 1.05 bits per heavy atom. The number of quaternary nitrogens is 1. The Balaban J connectivity index is 1.80. The van der Waals surface area contributed by atoms with Crippen LogP contribution in [0.25, 0.3) is 11.2 Å². The lowest BCUT2D eigenvalue weighted by Gasteiger charge is -2.40. The Kier molecular flexibility index (Phi) is 10.1. The van der Waals surface area contributed by atoms with Gasteiger partial charge < -0.3 is 36.1 Å². The quantitative estimate of drug-likeness (QED) is 0.163. The van der Waals surface area contributed by atoms with E-state index in [1.54, 1.807) is 39.8 Å². The predicted octanol–water partition coefficient (Wildman–Crippen LogP) is 2.23. The van der Waals surface area contributed by atoms with Gasteiger partial charge in [0, 0.05) is 23.1 Å². The van der Waals surface area contributed by atoms with Crippen molar-refractivity contribution in [2.24, 2.45) is 0 Å². The summed E-state index contributed by atoms with van der Waals surface area (Å²) in [5.74, 6) is -1.44. The van der Waals surface area contributed by atoms with Crippen LogP contribution in [0.2, 0.25) is 0 Å². The van der Waals surface area contributed by atoms with E-state index < -0.39 is 22.6 Å². The SMILES string of the molecule is CCOC(=O)CCC[C@H](NC(=O)c1cc(C)c([N+](C)([O-])Cc2cnc3nc(N)nc(N)c3n2)c(C)c1)C(=O)OCC. The number of nitrogens with two attached hydrogens (primary N) is 2. The van der Waals surface area contributed by atoms with Crippen LogP contribution in [-0.4, -0.2) is 64.1 Å². The van der Waals surface area contributed by atoms with Crippen LogP contribution in [-0.2, 0) is 25.6 Å². The van der Waals surface area contributed by atoms with Gasteiger partial charge in [-0.25, -0.2) is 14.8 Å². The second-order valence-electron chi connectivity index (χ2n) is 9.69. The van der Waals surface area contributed by atoms with Crippen LogP contribution < -0.4 is 21.4 Å². The standard InChI is InChI=1S/C27H36N8O6/c1-6-40-20(36)10-8-9-19(26(38)41-7-2)32-25(37)17-11-15(3)22(16(4)12-17)35(5,39)14-18-13-30-24-21(31-18)23(28)33-27(29)34-24/h11-13,19H,6-10,14H2,1-5H3,(H,32,37)(H4,28,29,30,33,34)/t19-,35?/m0/s1. The first-order chi connectivity index (χ1) is 19.4. The summed E-state index contributed by atoms with van der Waals surface area (Å²) in [6, 6.07) is 2.23. The maximum atomic E-state index is 13.8. The fourth-order valence-corrected chi connectivity index (χ4v) is 4.70. The third-order valence-corrected chi connectivity index (χ3v) is 6.25. The number of hydrogen-bond donors (Lipinski definition) is 3. The highest BCUT2D eigenvalue weighted by Crippen LogP contribution is 2.32. The smallest absolute Gasteiger partial charge is 0.328 e. The number of esters is 2. The van der Waals surface area contributed by atoms with Crippen molar-refractivity contribution in [3.05, 3.63) is 45.9 Å². The predicted molar refractivity (Wildman–Crippen MR) is 153 cm³/mol. The number of nitrogens with one attached hydrogen (secondary N) is 1. The number of nitrogen functional groups attached to an aromatic ring is 2. The van der Waals surface area contributed by atoms with Gasteiger partial charge in [0.1, 0.15) is 24.0 Å². The molecule has 5 N–H and O–H groups in total.